The van der Waals surface area contributed by atoms with Crippen molar-refractivity contribution in [3.8, 4) is 0 Å². The van der Waals surface area contributed by atoms with Gasteiger partial charge >= 0.3 is 0 Å². The van der Waals surface area contributed by atoms with E-state index < -0.39 is 0 Å². The van der Waals surface area contributed by atoms with Crippen molar-refractivity contribution in [2.75, 3.05) is 24.5 Å². The summed E-state index contributed by atoms with van der Waals surface area (Å²) in [7, 11) is 0. The zero-order valence-electron chi connectivity index (χ0n) is 16.7. The molecule has 2 fully saturated rings. The van der Waals surface area contributed by atoms with E-state index in [-0.39, 0.29) is 23.3 Å². The lowest BCUT2D eigenvalue weighted by molar-refractivity contribution is -0.122. The number of thiocarbonyl (C=S) groups is 1. The van der Waals surface area contributed by atoms with E-state index in [1.807, 2.05) is 11.0 Å². The number of hydrogen-bond acceptors (Lipinski definition) is 7. The molecule has 0 aliphatic carbocycles. The lowest BCUT2D eigenvalue weighted by Gasteiger charge is -2.32. The highest BCUT2D eigenvalue weighted by molar-refractivity contribution is 8.26. The third-order valence-corrected chi connectivity index (χ3v) is 6.78. The number of pyridine rings is 1. The maximum atomic E-state index is 13.3. The highest BCUT2D eigenvalue weighted by Crippen LogP contribution is 2.34. The van der Waals surface area contributed by atoms with Crippen LogP contribution in [0.15, 0.2) is 46.8 Å². The summed E-state index contributed by atoms with van der Waals surface area (Å²) in [4.78, 5) is 46.2. The Kier molecular flexibility index (Phi) is 5.92. The van der Waals surface area contributed by atoms with Crippen molar-refractivity contribution in [3.05, 3.63) is 57.9 Å². The van der Waals surface area contributed by atoms with Crippen molar-refractivity contribution in [2.24, 2.45) is 11.7 Å². The first-order chi connectivity index (χ1) is 14.9. The minimum Gasteiger partial charge on any atom is -0.369 e. The lowest BCUT2D eigenvalue weighted by atomic mass is 9.96. The Bertz CT molecular complexity index is 1180. The second-order valence-corrected chi connectivity index (χ2v) is 9.00. The summed E-state index contributed by atoms with van der Waals surface area (Å²) >= 11 is 6.46. The first-order valence-electron chi connectivity index (χ1n) is 9.82. The van der Waals surface area contributed by atoms with Gasteiger partial charge < -0.3 is 10.6 Å². The number of piperidine rings is 1. The molecule has 8 nitrogen and oxygen atoms in total. The van der Waals surface area contributed by atoms with Crippen LogP contribution in [0.2, 0.25) is 0 Å². The molecule has 2 aliphatic heterocycles. The SMILES string of the molecule is C=CCN1C(=O)/C(=C/c2c(N3CCC(C(N)=O)CC3)nc3ccccn3c2=O)SC1=S. The number of thioether (sulfide) groups is 1. The van der Waals surface area contributed by atoms with Crippen LogP contribution in [0.25, 0.3) is 11.7 Å². The summed E-state index contributed by atoms with van der Waals surface area (Å²) < 4.78 is 1.88. The molecule has 0 spiro atoms. The Labute approximate surface area is 188 Å². The number of carbonyl (C=O) groups is 2. The van der Waals surface area contributed by atoms with Crippen LogP contribution in [-0.4, -0.2) is 50.1 Å². The lowest BCUT2D eigenvalue weighted by Crippen LogP contribution is -2.40. The Hall–Kier alpha value is -2.98. The van der Waals surface area contributed by atoms with Crippen LogP contribution in [0.1, 0.15) is 18.4 Å². The van der Waals surface area contributed by atoms with Crippen LogP contribution in [0, 0.1) is 5.92 Å². The first kappa shape index (κ1) is 21.3. The number of hydrogen-bond donors (Lipinski definition) is 1. The number of fused-ring (bicyclic) bond motifs is 1. The molecule has 2 N–H and O–H groups in total. The van der Waals surface area contributed by atoms with E-state index in [1.54, 1.807) is 30.5 Å². The molecule has 2 aromatic heterocycles. The number of primary amides is 1. The molecule has 4 heterocycles. The maximum absolute atomic E-state index is 13.3. The summed E-state index contributed by atoms with van der Waals surface area (Å²) in [6, 6.07) is 5.32. The Morgan fingerprint density at radius 2 is 2.06 bits per heavy atom. The maximum Gasteiger partial charge on any atom is 0.267 e. The summed E-state index contributed by atoms with van der Waals surface area (Å²) in [6.45, 7) is 5.05. The number of carbonyl (C=O) groups excluding carboxylic acids is 2. The van der Waals surface area contributed by atoms with E-state index in [0.29, 0.717) is 58.7 Å². The molecule has 2 aliphatic rings. The monoisotopic (exact) mass is 455 g/mol. The van der Waals surface area contributed by atoms with Gasteiger partial charge in [-0.05, 0) is 31.1 Å². The molecule has 0 unspecified atom stereocenters. The normalized spacial score (nSPS) is 18.9. The van der Waals surface area contributed by atoms with Crippen LogP contribution in [-0.2, 0) is 9.59 Å². The molecule has 0 atom stereocenters. The van der Waals surface area contributed by atoms with Crippen molar-refractivity contribution in [1.29, 1.82) is 0 Å². The highest BCUT2D eigenvalue weighted by Gasteiger charge is 2.32. The second kappa shape index (κ2) is 8.64. The van der Waals surface area contributed by atoms with Crippen molar-refractivity contribution in [3.63, 3.8) is 0 Å². The van der Waals surface area contributed by atoms with E-state index in [0.717, 1.165) is 11.8 Å². The molecule has 31 heavy (non-hydrogen) atoms. The fourth-order valence-electron chi connectivity index (χ4n) is 3.75. The molecule has 0 radical (unpaired) electrons. The minimum atomic E-state index is -0.308. The zero-order valence-corrected chi connectivity index (χ0v) is 18.3. The number of amides is 2. The summed E-state index contributed by atoms with van der Waals surface area (Å²) in [5.41, 5.74) is 6.01. The van der Waals surface area contributed by atoms with Gasteiger partial charge in [-0.2, -0.15) is 0 Å². The Balaban J connectivity index is 1.80. The van der Waals surface area contributed by atoms with Crippen LogP contribution < -0.4 is 16.2 Å². The first-order valence-corrected chi connectivity index (χ1v) is 11.0. The largest absolute Gasteiger partial charge is 0.369 e. The van der Waals surface area contributed by atoms with Gasteiger partial charge in [0.25, 0.3) is 11.5 Å². The van der Waals surface area contributed by atoms with Gasteiger partial charge in [0.15, 0.2) is 0 Å². The van der Waals surface area contributed by atoms with E-state index in [9.17, 15) is 14.4 Å². The number of nitrogens with two attached hydrogens (primary N) is 1. The average molecular weight is 456 g/mol. The topological polar surface area (TPSA) is 101 Å². The predicted octanol–water partition coefficient (Wildman–Crippen LogP) is 1.78. The molecule has 0 aromatic carbocycles. The third-order valence-electron chi connectivity index (χ3n) is 5.41. The number of rotatable bonds is 5. The molecule has 0 bridgehead atoms. The van der Waals surface area contributed by atoms with E-state index in [2.05, 4.69) is 6.58 Å². The molecule has 0 saturated carbocycles. The third kappa shape index (κ3) is 4.00. The molecular formula is C21H21N5O3S2. The molecule has 160 valence electrons. The van der Waals surface area contributed by atoms with Gasteiger partial charge in [-0.1, -0.05) is 36.1 Å². The number of anilines is 1. The van der Waals surface area contributed by atoms with Gasteiger partial charge in [-0.3, -0.25) is 23.7 Å². The van der Waals surface area contributed by atoms with Crippen molar-refractivity contribution >= 4 is 57.7 Å². The van der Waals surface area contributed by atoms with Gasteiger partial charge in [0.2, 0.25) is 5.91 Å². The highest BCUT2D eigenvalue weighted by atomic mass is 32.2. The van der Waals surface area contributed by atoms with E-state index >= 15 is 0 Å². The summed E-state index contributed by atoms with van der Waals surface area (Å²) in [6.07, 6.45) is 6.01. The molecule has 2 amide bonds. The smallest absolute Gasteiger partial charge is 0.267 e. The predicted molar refractivity (Wildman–Crippen MR) is 126 cm³/mol. The number of nitrogens with zero attached hydrogens (tertiary/aromatic N) is 4. The Morgan fingerprint density at radius 1 is 1.32 bits per heavy atom. The van der Waals surface area contributed by atoms with Crippen molar-refractivity contribution < 1.29 is 9.59 Å². The molecule has 10 heteroatoms. The van der Waals surface area contributed by atoms with Gasteiger partial charge in [-0.25, -0.2) is 4.98 Å². The van der Waals surface area contributed by atoms with Crippen molar-refractivity contribution in [2.45, 2.75) is 12.8 Å². The van der Waals surface area contributed by atoms with Crippen molar-refractivity contribution in [1.82, 2.24) is 14.3 Å². The molecule has 2 aromatic rings. The van der Waals surface area contributed by atoms with Crippen LogP contribution >= 0.6 is 24.0 Å². The Morgan fingerprint density at radius 3 is 2.74 bits per heavy atom. The molecule has 2 saturated heterocycles. The quantitative estimate of drug-likeness (QED) is 0.417. The second-order valence-electron chi connectivity index (χ2n) is 7.33. The van der Waals surface area contributed by atoms with Gasteiger partial charge in [0.1, 0.15) is 15.8 Å². The standard InChI is InChI=1S/C21H21N5O3S2/c1-2-8-26-20(29)15(31-21(26)30)12-14-18(24-10-6-13(7-11-24)17(22)27)23-16-5-3-4-9-25(16)19(14)28/h2-5,9,12-13H,1,6-8,10-11H2,(H2,22,27)/b15-12-. The van der Waals surface area contributed by atoms with Crippen LogP contribution in [0.5, 0.6) is 0 Å². The zero-order chi connectivity index (χ0) is 22.1. The average Bonchev–Trinajstić information content (AvgIpc) is 3.03. The number of aromatic nitrogens is 2. The summed E-state index contributed by atoms with van der Waals surface area (Å²) in [5, 5.41) is 0. The van der Waals surface area contributed by atoms with Gasteiger partial charge in [0, 0.05) is 31.7 Å². The fourth-order valence-corrected chi connectivity index (χ4v) is 5.01. The van der Waals surface area contributed by atoms with Gasteiger partial charge in [-0.15, -0.1) is 6.58 Å². The van der Waals surface area contributed by atoms with E-state index in [4.69, 9.17) is 22.9 Å². The van der Waals surface area contributed by atoms with E-state index in [1.165, 1.54) is 9.30 Å². The van der Waals surface area contributed by atoms with Gasteiger partial charge in [0.05, 0.1) is 10.5 Å². The van der Waals surface area contributed by atoms with Crippen LogP contribution in [0.3, 0.4) is 0 Å². The fraction of sp³-hybridized carbons (Fsp3) is 0.286. The molecular weight excluding hydrogens is 434 g/mol. The summed E-state index contributed by atoms with van der Waals surface area (Å²) in [5.74, 6) is -0.257. The van der Waals surface area contributed by atoms with Crippen LogP contribution in [0.4, 0.5) is 5.82 Å². The minimum absolute atomic E-state index is 0.184. The molecule has 4 rings (SSSR count).